The van der Waals surface area contributed by atoms with E-state index in [1.165, 1.54) is 0 Å². The molecule has 0 unspecified atom stereocenters. The van der Waals surface area contributed by atoms with Crippen molar-refractivity contribution in [2.75, 3.05) is 32.7 Å². The second-order valence-corrected chi connectivity index (χ2v) is 5.92. The first-order valence-electron chi connectivity index (χ1n) is 6.97. The SMILES string of the molecule is CCCCNC(=O)N1CCN(C(C)(C)C(N)=S)CC1. The molecule has 5 nitrogen and oxygen atoms in total. The van der Waals surface area contributed by atoms with Crippen LogP contribution in [0.1, 0.15) is 33.6 Å². The Morgan fingerprint density at radius 1 is 1.32 bits per heavy atom. The minimum atomic E-state index is -0.278. The molecule has 6 heteroatoms. The monoisotopic (exact) mass is 286 g/mol. The maximum absolute atomic E-state index is 11.9. The summed E-state index contributed by atoms with van der Waals surface area (Å²) in [5.41, 5.74) is 5.50. The molecule has 0 aliphatic carbocycles. The van der Waals surface area contributed by atoms with Crippen LogP contribution in [0, 0.1) is 0 Å². The van der Waals surface area contributed by atoms with Crippen LogP contribution in [0.15, 0.2) is 0 Å². The molecular formula is C13H26N4OS. The second kappa shape index (κ2) is 7.05. The topological polar surface area (TPSA) is 61.6 Å². The van der Waals surface area contributed by atoms with Crippen LogP contribution in [-0.4, -0.2) is 59.1 Å². The number of nitrogens with two attached hydrogens (primary N) is 1. The summed E-state index contributed by atoms with van der Waals surface area (Å²) in [6.45, 7) is 10.0. The van der Waals surface area contributed by atoms with E-state index in [4.69, 9.17) is 18.0 Å². The molecule has 3 N–H and O–H groups in total. The fraction of sp³-hybridized carbons (Fsp3) is 0.846. The van der Waals surface area contributed by atoms with E-state index in [0.29, 0.717) is 4.99 Å². The van der Waals surface area contributed by atoms with Crippen molar-refractivity contribution in [2.45, 2.75) is 39.2 Å². The Balaban J connectivity index is 2.40. The van der Waals surface area contributed by atoms with Crippen molar-refractivity contribution in [3.63, 3.8) is 0 Å². The van der Waals surface area contributed by atoms with Gasteiger partial charge in [-0.15, -0.1) is 0 Å². The molecule has 1 fully saturated rings. The van der Waals surface area contributed by atoms with Gasteiger partial charge in [0.15, 0.2) is 0 Å². The van der Waals surface area contributed by atoms with Gasteiger partial charge >= 0.3 is 6.03 Å². The molecular weight excluding hydrogens is 260 g/mol. The standard InChI is InChI=1S/C13H26N4OS/c1-4-5-6-15-12(18)16-7-9-17(10-8-16)13(2,3)11(14)19/h4-10H2,1-3H3,(H2,14,19)(H,15,18). The molecule has 0 radical (unpaired) electrons. The highest BCUT2D eigenvalue weighted by Gasteiger charge is 2.33. The van der Waals surface area contributed by atoms with Crippen LogP contribution in [-0.2, 0) is 0 Å². The highest BCUT2D eigenvalue weighted by molar-refractivity contribution is 7.80. The number of thiocarbonyl (C=S) groups is 1. The summed E-state index contributed by atoms with van der Waals surface area (Å²) in [4.78, 5) is 16.5. The van der Waals surface area contributed by atoms with Gasteiger partial charge in [-0.05, 0) is 20.3 Å². The van der Waals surface area contributed by atoms with Crippen LogP contribution in [0.3, 0.4) is 0 Å². The Bertz CT molecular complexity index is 325. The summed E-state index contributed by atoms with van der Waals surface area (Å²) >= 11 is 5.11. The van der Waals surface area contributed by atoms with Crippen LogP contribution < -0.4 is 11.1 Å². The molecule has 110 valence electrons. The van der Waals surface area contributed by atoms with Crippen molar-refractivity contribution >= 4 is 23.2 Å². The van der Waals surface area contributed by atoms with Crippen LogP contribution in [0.25, 0.3) is 0 Å². The van der Waals surface area contributed by atoms with Crippen molar-refractivity contribution in [3.8, 4) is 0 Å². The van der Waals surface area contributed by atoms with Gasteiger partial charge in [-0.25, -0.2) is 4.79 Å². The lowest BCUT2D eigenvalue weighted by Gasteiger charge is -2.43. The van der Waals surface area contributed by atoms with Gasteiger partial charge in [0.05, 0.1) is 10.5 Å². The number of nitrogens with one attached hydrogen (secondary N) is 1. The fourth-order valence-corrected chi connectivity index (χ4v) is 2.24. The summed E-state index contributed by atoms with van der Waals surface area (Å²) in [6.07, 6.45) is 2.12. The Hall–Kier alpha value is -0.880. The van der Waals surface area contributed by atoms with E-state index in [9.17, 15) is 4.79 Å². The second-order valence-electron chi connectivity index (χ2n) is 5.48. The first-order valence-corrected chi connectivity index (χ1v) is 7.38. The van der Waals surface area contributed by atoms with Crippen molar-refractivity contribution in [2.24, 2.45) is 5.73 Å². The predicted molar refractivity (Wildman–Crippen MR) is 82.3 cm³/mol. The zero-order chi connectivity index (χ0) is 14.5. The number of carbonyl (C=O) groups excluding carboxylic acids is 1. The smallest absolute Gasteiger partial charge is 0.317 e. The van der Waals surface area contributed by atoms with E-state index in [1.807, 2.05) is 18.7 Å². The van der Waals surface area contributed by atoms with Gasteiger partial charge in [0.1, 0.15) is 0 Å². The lowest BCUT2D eigenvalue weighted by atomic mass is 10.0. The molecule has 1 rings (SSSR count). The summed E-state index contributed by atoms with van der Waals surface area (Å²) in [6, 6.07) is 0.0428. The number of rotatable bonds is 5. The highest BCUT2D eigenvalue weighted by atomic mass is 32.1. The van der Waals surface area contributed by atoms with Gasteiger partial charge in [0.2, 0.25) is 0 Å². The zero-order valence-corrected chi connectivity index (χ0v) is 13.1. The number of nitrogens with zero attached hydrogens (tertiary/aromatic N) is 2. The van der Waals surface area contributed by atoms with Gasteiger partial charge in [0, 0.05) is 32.7 Å². The quantitative estimate of drug-likeness (QED) is 0.588. The number of amides is 2. The summed E-state index contributed by atoms with van der Waals surface area (Å²) in [7, 11) is 0. The summed E-state index contributed by atoms with van der Waals surface area (Å²) in [5, 5.41) is 2.95. The van der Waals surface area contributed by atoms with E-state index >= 15 is 0 Å². The first-order chi connectivity index (χ1) is 8.89. The van der Waals surface area contributed by atoms with Gasteiger partial charge in [-0.2, -0.15) is 0 Å². The molecule has 1 heterocycles. The average molecular weight is 286 g/mol. The van der Waals surface area contributed by atoms with E-state index in [1.54, 1.807) is 0 Å². The minimum Gasteiger partial charge on any atom is -0.392 e. The molecule has 0 aromatic carbocycles. The Labute approximate surface area is 121 Å². The van der Waals surface area contributed by atoms with E-state index in [0.717, 1.165) is 45.6 Å². The zero-order valence-electron chi connectivity index (χ0n) is 12.2. The van der Waals surface area contributed by atoms with E-state index < -0.39 is 0 Å². The molecule has 0 aromatic rings. The number of carbonyl (C=O) groups is 1. The minimum absolute atomic E-state index is 0.0428. The van der Waals surface area contributed by atoms with Gasteiger partial charge in [-0.1, -0.05) is 25.6 Å². The number of hydrogen-bond donors (Lipinski definition) is 2. The summed E-state index contributed by atoms with van der Waals surface area (Å²) in [5.74, 6) is 0. The molecule has 1 aliphatic rings. The van der Waals surface area contributed by atoms with Crippen LogP contribution in [0.2, 0.25) is 0 Å². The molecule has 0 bridgehead atoms. The number of unbranched alkanes of at least 4 members (excludes halogenated alkanes) is 1. The lowest BCUT2D eigenvalue weighted by molar-refractivity contribution is 0.0982. The van der Waals surface area contributed by atoms with Crippen molar-refractivity contribution in [1.29, 1.82) is 0 Å². The van der Waals surface area contributed by atoms with Gasteiger partial charge < -0.3 is 16.0 Å². The molecule has 0 saturated carbocycles. The predicted octanol–water partition coefficient (Wildman–Crippen LogP) is 1.18. The Morgan fingerprint density at radius 3 is 2.37 bits per heavy atom. The molecule has 1 saturated heterocycles. The third-order valence-electron chi connectivity index (χ3n) is 3.77. The fourth-order valence-electron chi connectivity index (χ4n) is 2.11. The number of urea groups is 1. The molecule has 0 atom stereocenters. The molecule has 2 amide bonds. The average Bonchev–Trinajstić information content (AvgIpc) is 2.39. The number of hydrogen-bond acceptors (Lipinski definition) is 3. The Morgan fingerprint density at radius 2 is 1.89 bits per heavy atom. The van der Waals surface area contributed by atoms with Crippen LogP contribution in [0.5, 0.6) is 0 Å². The van der Waals surface area contributed by atoms with Gasteiger partial charge in [0.25, 0.3) is 0 Å². The van der Waals surface area contributed by atoms with Crippen molar-refractivity contribution < 1.29 is 4.79 Å². The molecule has 19 heavy (non-hydrogen) atoms. The maximum Gasteiger partial charge on any atom is 0.317 e. The Kier molecular flexibility index (Phi) is 6.00. The van der Waals surface area contributed by atoms with Crippen molar-refractivity contribution in [1.82, 2.24) is 15.1 Å². The first kappa shape index (κ1) is 16.2. The largest absolute Gasteiger partial charge is 0.392 e. The van der Waals surface area contributed by atoms with Crippen LogP contribution in [0.4, 0.5) is 4.79 Å². The van der Waals surface area contributed by atoms with Crippen LogP contribution >= 0.6 is 12.2 Å². The van der Waals surface area contributed by atoms with E-state index in [2.05, 4.69) is 17.1 Å². The molecule has 0 spiro atoms. The number of piperazine rings is 1. The molecule has 1 aliphatic heterocycles. The third-order valence-corrected chi connectivity index (χ3v) is 4.27. The van der Waals surface area contributed by atoms with Gasteiger partial charge in [-0.3, -0.25) is 4.90 Å². The molecule has 0 aromatic heterocycles. The summed E-state index contributed by atoms with van der Waals surface area (Å²) < 4.78 is 0. The van der Waals surface area contributed by atoms with Crippen molar-refractivity contribution in [3.05, 3.63) is 0 Å². The lowest BCUT2D eigenvalue weighted by Crippen LogP contribution is -2.60. The van der Waals surface area contributed by atoms with E-state index in [-0.39, 0.29) is 11.6 Å². The third kappa shape index (κ3) is 4.31. The maximum atomic E-state index is 11.9. The highest BCUT2D eigenvalue weighted by Crippen LogP contribution is 2.17. The normalized spacial score (nSPS) is 17.3.